The average molecular weight is 285 g/mol. The van der Waals surface area contributed by atoms with Gasteiger partial charge in [-0.1, -0.05) is 56.3 Å². The molecule has 2 heteroatoms. The smallest absolute Gasteiger partial charge is 0.0622 e. The fourth-order valence-electron chi connectivity index (χ4n) is 2.64. The Kier molecular flexibility index (Phi) is 6.71. The molecule has 21 heavy (non-hydrogen) atoms. The second-order valence-corrected chi connectivity index (χ2v) is 5.57. The van der Waals surface area contributed by atoms with Gasteiger partial charge in [-0.15, -0.1) is 0 Å². The van der Waals surface area contributed by atoms with Crippen molar-refractivity contribution in [3.05, 3.63) is 48.0 Å². The highest BCUT2D eigenvalue weighted by molar-refractivity contribution is 5.85. The van der Waals surface area contributed by atoms with Crippen LogP contribution in [-0.2, 0) is 11.2 Å². The number of nitrogens with one attached hydrogen (secondary N) is 1. The van der Waals surface area contributed by atoms with Gasteiger partial charge in [-0.05, 0) is 42.1 Å². The Bertz CT molecular complexity index is 533. The van der Waals surface area contributed by atoms with E-state index in [4.69, 9.17) is 4.74 Å². The zero-order valence-electron chi connectivity index (χ0n) is 13.3. The second kappa shape index (κ2) is 8.81. The van der Waals surface area contributed by atoms with Crippen LogP contribution in [0.5, 0.6) is 0 Å². The molecule has 0 aromatic heterocycles. The highest BCUT2D eigenvalue weighted by atomic mass is 16.5. The average Bonchev–Trinajstić information content (AvgIpc) is 2.53. The molecule has 0 aliphatic heterocycles. The van der Waals surface area contributed by atoms with Crippen molar-refractivity contribution in [2.75, 3.05) is 19.8 Å². The molecule has 1 N–H and O–H groups in total. The highest BCUT2D eigenvalue weighted by Gasteiger charge is 2.11. The van der Waals surface area contributed by atoms with E-state index in [0.29, 0.717) is 6.04 Å². The van der Waals surface area contributed by atoms with Crippen LogP contribution in [0.25, 0.3) is 10.8 Å². The van der Waals surface area contributed by atoms with Crippen LogP contribution in [0.1, 0.15) is 32.3 Å². The summed E-state index contributed by atoms with van der Waals surface area (Å²) >= 11 is 0. The van der Waals surface area contributed by atoms with Crippen LogP contribution in [0, 0.1) is 0 Å². The van der Waals surface area contributed by atoms with Gasteiger partial charge in [-0.2, -0.15) is 0 Å². The van der Waals surface area contributed by atoms with Crippen LogP contribution < -0.4 is 5.32 Å². The van der Waals surface area contributed by atoms with Gasteiger partial charge < -0.3 is 10.1 Å². The lowest BCUT2D eigenvalue weighted by Crippen LogP contribution is -2.36. The maximum atomic E-state index is 5.76. The molecule has 2 aromatic carbocycles. The van der Waals surface area contributed by atoms with E-state index in [2.05, 4.69) is 61.6 Å². The summed E-state index contributed by atoms with van der Waals surface area (Å²) in [6.45, 7) is 7.04. The zero-order valence-corrected chi connectivity index (χ0v) is 13.3. The van der Waals surface area contributed by atoms with Crippen LogP contribution in [0.4, 0.5) is 0 Å². The minimum absolute atomic E-state index is 0.391. The van der Waals surface area contributed by atoms with Gasteiger partial charge in [0, 0.05) is 12.6 Å². The predicted octanol–water partition coefficient (Wildman–Crippen LogP) is 4.18. The van der Waals surface area contributed by atoms with Crippen molar-refractivity contribution >= 4 is 10.8 Å². The lowest BCUT2D eigenvalue weighted by molar-refractivity contribution is 0.112. The monoisotopic (exact) mass is 285 g/mol. The minimum Gasteiger partial charge on any atom is -0.380 e. The largest absolute Gasteiger partial charge is 0.380 e. The molecule has 2 nitrogen and oxygen atoms in total. The number of ether oxygens (including phenoxy) is 1. The molecule has 0 aliphatic rings. The van der Waals surface area contributed by atoms with E-state index < -0.39 is 0 Å². The topological polar surface area (TPSA) is 21.3 Å². The van der Waals surface area contributed by atoms with Crippen molar-refractivity contribution in [3.63, 3.8) is 0 Å². The lowest BCUT2D eigenvalue weighted by atomic mass is 9.99. The molecule has 0 saturated carbocycles. The summed E-state index contributed by atoms with van der Waals surface area (Å²) in [5, 5.41) is 6.29. The number of benzene rings is 2. The molecule has 1 unspecified atom stereocenters. The summed E-state index contributed by atoms with van der Waals surface area (Å²) in [5.74, 6) is 0. The normalized spacial score (nSPS) is 12.7. The molecule has 0 saturated heterocycles. The first-order chi connectivity index (χ1) is 10.3. The van der Waals surface area contributed by atoms with E-state index in [0.717, 1.165) is 39.0 Å². The summed E-state index contributed by atoms with van der Waals surface area (Å²) in [6.07, 6.45) is 3.25. The standard InChI is InChI=1S/C19H27NO/c1-3-12-20-18(15-21-13-4-2)14-17-10-7-9-16-8-5-6-11-19(16)17/h5-11,18,20H,3-4,12-15H2,1-2H3. The van der Waals surface area contributed by atoms with Crippen LogP contribution in [-0.4, -0.2) is 25.8 Å². The van der Waals surface area contributed by atoms with Crippen LogP contribution in [0.15, 0.2) is 42.5 Å². The van der Waals surface area contributed by atoms with Crippen molar-refractivity contribution in [2.24, 2.45) is 0 Å². The molecule has 1 atom stereocenters. The Labute approximate surface area is 128 Å². The van der Waals surface area contributed by atoms with Gasteiger partial charge in [0.25, 0.3) is 0 Å². The van der Waals surface area contributed by atoms with Gasteiger partial charge in [0.15, 0.2) is 0 Å². The lowest BCUT2D eigenvalue weighted by Gasteiger charge is -2.19. The first kappa shape index (κ1) is 16.0. The Morgan fingerprint density at radius 3 is 2.62 bits per heavy atom. The molecule has 114 valence electrons. The van der Waals surface area contributed by atoms with Gasteiger partial charge >= 0.3 is 0 Å². The van der Waals surface area contributed by atoms with E-state index in [9.17, 15) is 0 Å². The van der Waals surface area contributed by atoms with Gasteiger partial charge in [0.1, 0.15) is 0 Å². The molecule has 0 aliphatic carbocycles. The van der Waals surface area contributed by atoms with Crippen LogP contribution in [0.2, 0.25) is 0 Å². The third-order valence-electron chi connectivity index (χ3n) is 3.70. The number of hydrogen-bond acceptors (Lipinski definition) is 2. The van der Waals surface area contributed by atoms with Crippen molar-refractivity contribution in [1.82, 2.24) is 5.32 Å². The van der Waals surface area contributed by atoms with Crippen molar-refractivity contribution in [2.45, 2.75) is 39.2 Å². The first-order valence-corrected chi connectivity index (χ1v) is 8.13. The minimum atomic E-state index is 0.391. The van der Waals surface area contributed by atoms with Gasteiger partial charge in [-0.25, -0.2) is 0 Å². The fourth-order valence-corrected chi connectivity index (χ4v) is 2.64. The van der Waals surface area contributed by atoms with Crippen molar-refractivity contribution in [3.8, 4) is 0 Å². The maximum Gasteiger partial charge on any atom is 0.0622 e. The molecule has 2 aromatic rings. The van der Waals surface area contributed by atoms with E-state index >= 15 is 0 Å². The summed E-state index contributed by atoms with van der Waals surface area (Å²) in [7, 11) is 0. The summed E-state index contributed by atoms with van der Waals surface area (Å²) in [6, 6.07) is 15.6. The fraction of sp³-hybridized carbons (Fsp3) is 0.474. The van der Waals surface area contributed by atoms with Crippen LogP contribution in [0.3, 0.4) is 0 Å². The molecule has 0 bridgehead atoms. The maximum absolute atomic E-state index is 5.76. The van der Waals surface area contributed by atoms with E-state index in [1.165, 1.54) is 16.3 Å². The van der Waals surface area contributed by atoms with Gasteiger partial charge in [0.2, 0.25) is 0 Å². The van der Waals surface area contributed by atoms with Crippen molar-refractivity contribution < 1.29 is 4.74 Å². The predicted molar refractivity (Wildman–Crippen MR) is 90.8 cm³/mol. The van der Waals surface area contributed by atoms with Gasteiger partial charge in [-0.3, -0.25) is 0 Å². The molecule has 0 heterocycles. The number of rotatable bonds is 9. The highest BCUT2D eigenvalue weighted by Crippen LogP contribution is 2.19. The van der Waals surface area contributed by atoms with Gasteiger partial charge in [0.05, 0.1) is 6.61 Å². The van der Waals surface area contributed by atoms with E-state index in [1.54, 1.807) is 0 Å². The summed E-state index contributed by atoms with van der Waals surface area (Å²) in [4.78, 5) is 0. The molecular weight excluding hydrogens is 258 g/mol. The molecule has 0 radical (unpaired) electrons. The van der Waals surface area contributed by atoms with Crippen molar-refractivity contribution in [1.29, 1.82) is 0 Å². The molecule has 2 rings (SSSR count). The Balaban J connectivity index is 2.09. The Hall–Kier alpha value is -1.38. The van der Waals surface area contributed by atoms with Crippen LogP contribution >= 0.6 is 0 Å². The second-order valence-electron chi connectivity index (χ2n) is 5.57. The molecule has 0 amide bonds. The quantitative estimate of drug-likeness (QED) is 0.698. The van der Waals surface area contributed by atoms with E-state index in [-0.39, 0.29) is 0 Å². The SMILES string of the molecule is CCCNC(COCCC)Cc1cccc2ccccc12. The number of fused-ring (bicyclic) bond motifs is 1. The molecule has 0 fully saturated rings. The Morgan fingerprint density at radius 2 is 1.81 bits per heavy atom. The molecule has 0 spiro atoms. The zero-order chi connectivity index (χ0) is 14.9. The first-order valence-electron chi connectivity index (χ1n) is 8.13. The summed E-state index contributed by atoms with van der Waals surface area (Å²) < 4.78 is 5.76. The van der Waals surface area contributed by atoms with E-state index in [1.807, 2.05) is 0 Å². The summed E-state index contributed by atoms with van der Waals surface area (Å²) in [5.41, 5.74) is 1.40. The Morgan fingerprint density at radius 1 is 1.00 bits per heavy atom. The third-order valence-corrected chi connectivity index (χ3v) is 3.70. The molecular formula is C19H27NO. The third kappa shape index (κ3) is 4.83. The number of hydrogen-bond donors (Lipinski definition) is 1.